The Labute approximate surface area is 211 Å². The summed E-state index contributed by atoms with van der Waals surface area (Å²) in [4.78, 5) is 23.8. The Kier molecular flexibility index (Phi) is 6.53. The first-order valence-electron chi connectivity index (χ1n) is 11.7. The second-order valence-electron chi connectivity index (χ2n) is 8.76. The van der Waals surface area contributed by atoms with E-state index in [0.29, 0.717) is 6.29 Å². The van der Waals surface area contributed by atoms with Gasteiger partial charge in [0, 0.05) is 18.0 Å². The van der Waals surface area contributed by atoms with Crippen molar-refractivity contribution in [2.45, 2.75) is 18.6 Å². The van der Waals surface area contributed by atoms with Gasteiger partial charge in [-0.25, -0.2) is 4.79 Å². The van der Waals surface area contributed by atoms with Gasteiger partial charge in [-0.05, 0) is 51.1 Å². The molecule has 0 bridgehead atoms. The molecule has 0 unspecified atom stereocenters. The number of hydrogen-bond donors (Lipinski definition) is 1. The Morgan fingerprint density at radius 2 is 1.51 bits per heavy atom. The third kappa shape index (κ3) is 4.85. The number of nitrogens with one attached hydrogen (secondary N) is 1. The Morgan fingerprint density at radius 3 is 2.16 bits per heavy atom. The van der Waals surface area contributed by atoms with Crippen LogP contribution in [0, 0.1) is 0 Å². The lowest BCUT2D eigenvalue weighted by Crippen LogP contribution is -2.26. The Balaban J connectivity index is 1.35. The number of benzene rings is 4. The lowest BCUT2D eigenvalue weighted by atomic mass is 9.93. The zero-order valence-corrected chi connectivity index (χ0v) is 19.6. The monoisotopic (exact) mass is 501 g/mol. The minimum Gasteiger partial charge on any atom is -0.449 e. The third-order valence-electron chi connectivity index (χ3n) is 6.53. The molecule has 7 heteroatoms. The summed E-state index contributed by atoms with van der Waals surface area (Å²) in [6.07, 6.45) is -4.77. The first-order chi connectivity index (χ1) is 17.9. The summed E-state index contributed by atoms with van der Waals surface area (Å²) in [5, 5.41) is 2.59. The van der Waals surface area contributed by atoms with Gasteiger partial charge in [-0.2, -0.15) is 13.2 Å². The van der Waals surface area contributed by atoms with Crippen molar-refractivity contribution in [3.63, 3.8) is 0 Å². The minimum absolute atomic E-state index is 0.0855. The molecular weight excluding hydrogens is 479 g/mol. The van der Waals surface area contributed by atoms with Crippen molar-refractivity contribution in [3.8, 4) is 22.3 Å². The maximum Gasteiger partial charge on any atom is 0.417 e. The van der Waals surface area contributed by atoms with Crippen LogP contribution in [0.25, 0.3) is 22.3 Å². The summed E-state index contributed by atoms with van der Waals surface area (Å²) in [5.74, 6) is -0.131. The summed E-state index contributed by atoms with van der Waals surface area (Å²) in [6.45, 7) is -0.0854. The molecule has 4 aromatic rings. The predicted octanol–water partition coefficient (Wildman–Crippen LogP) is 7.22. The number of halogens is 3. The van der Waals surface area contributed by atoms with Crippen LogP contribution in [0.3, 0.4) is 0 Å². The maximum atomic E-state index is 13.8. The Hall–Kier alpha value is -4.39. The molecule has 186 valence electrons. The van der Waals surface area contributed by atoms with Crippen molar-refractivity contribution in [3.05, 3.63) is 119 Å². The van der Waals surface area contributed by atoms with E-state index in [1.54, 1.807) is 0 Å². The van der Waals surface area contributed by atoms with Crippen LogP contribution in [0.5, 0.6) is 0 Å². The number of amides is 1. The highest BCUT2D eigenvalue weighted by molar-refractivity contribution is 5.81. The molecular formula is C30H22F3NO3. The molecule has 0 saturated heterocycles. The second-order valence-corrected chi connectivity index (χ2v) is 8.76. The molecule has 1 aliphatic rings. The fraction of sp³-hybridized carbons (Fsp3) is 0.133. The first-order valence-corrected chi connectivity index (χ1v) is 11.7. The Morgan fingerprint density at radius 1 is 0.865 bits per heavy atom. The highest BCUT2D eigenvalue weighted by atomic mass is 19.4. The van der Waals surface area contributed by atoms with E-state index in [-0.39, 0.29) is 41.3 Å². The quantitative estimate of drug-likeness (QED) is 0.284. The van der Waals surface area contributed by atoms with Crippen LogP contribution in [0.1, 0.15) is 38.5 Å². The molecule has 4 nitrogen and oxygen atoms in total. The van der Waals surface area contributed by atoms with Gasteiger partial charge in [0.15, 0.2) is 0 Å². The van der Waals surface area contributed by atoms with E-state index in [0.717, 1.165) is 28.3 Å². The van der Waals surface area contributed by atoms with Gasteiger partial charge in [-0.3, -0.25) is 4.79 Å². The fourth-order valence-electron chi connectivity index (χ4n) is 4.91. The molecule has 37 heavy (non-hydrogen) atoms. The lowest BCUT2D eigenvalue weighted by molar-refractivity contribution is -0.137. The van der Waals surface area contributed by atoms with Gasteiger partial charge < -0.3 is 10.1 Å². The molecule has 4 aromatic carbocycles. The number of rotatable bonds is 6. The molecule has 0 aromatic heterocycles. The van der Waals surface area contributed by atoms with Gasteiger partial charge in [-0.15, -0.1) is 0 Å². The van der Waals surface area contributed by atoms with Crippen molar-refractivity contribution in [1.29, 1.82) is 0 Å². The standard InChI is InChI=1S/C30H22F3NO3/c31-30(32,33)27-14-6-9-21(28(27)20-8-5-7-19(15-20)17-35)16-34-29(36)37-18-26-24-12-3-1-10-22(24)23-11-2-4-13-25(23)26/h1-15,17,26H,16,18H2,(H,34,36). The highest BCUT2D eigenvalue weighted by Crippen LogP contribution is 2.44. The van der Waals surface area contributed by atoms with Gasteiger partial charge in [-0.1, -0.05) is 78.9 Å². The number of carbonyl (C=O) groups is 2. The van der Waals surface area contributed by atoms with Gasteiger partial charge in [0.25, 0.3) is 0 Å². The van der Waals surface area contributed by atoms with Gasteiger partial charge in [0.2, 0.25) is 0 Å². The molecule has 0 atom stereocenters. The molecule has 0 spiro atoms. The van der Waals surface area contributed by atoms with Crippen LogP contribution in [-0.4, -0.2) is 19.0 Å². The van der Waals surface area contributed by atoms with Crippen LogP contribution in [0.15, 0.2) is 91.0 Å². The van der Waals surface area contributed by atoms with Crippen LogP contribution in [-0.2, 0) is 17.5 Å². The normalized spacial score (nSPS) is 12.5. The average Bonchev–Trinajstić information content (AvgIpc) is 3.23. The maximum absolute atomic E-state index is 13.8. The van der Waals surface area contributed by atoms with E-state index in [4.69, 9.17) is 4.74 Å². The highest BCUT2D eigenvalue weighted by Gasteiger charge is 2.35. The summed E-state index contributed by atoms with van der Waals surface area (Å²) in [5.41, 5.74) is 4.13. The number of alkyl halides is 3. The van der Waals surface area contributed by atoms with Crippen molar-refractivity contribution in [1.82, 2.24) is 5.32 Å². The molecule has 1 amide bonds. The topological polar surface area (TPSA) is 55.4 Å². The summed E-state index contributed by atoms with van der Waals surface area (Å²) < 4.78 is 47.1. The third-order valence-corrected chi connectivity index (χ3v) is 6.53. The molecule has 0 heterocycles. The van der Waals surface area contributed by atoms with E-state index >= 15 is 0 Å². The first kappa shape index (κ1) is 24.3. The smallest absolute Gasteiger partial charge is 0.417 e. The number of fused-ring (bicyclic) bond motifs is 3. The predicted molar refractivity (Wildman–Crippen MR) is 134 cm³/mol. The zero-order valence-electron chi connectivity index (χ0n) is 19.6. The minimum atomic E-state index is -4.62. The van der Waals surface area contributed by atoms with Crippen LogP contribution < -0.4 is 5.32 Å². The van der Waals surface area contributed by atoms with E-state index < -0.39 is 17.8 Å². The van der Waals surface area contributed by atoms with Gasteiger partial charge >= 0.3 is 12.3 Å². The SMILES string of the molecule is O=Cc1cccc(-c2c(CNC(=O)OCC3c4ccccc4-c4ccccc43)cccc2C(F)(F)F)c1. The number of aldehydes is 1. The molecule has 1 N–H and O–H groups in total. The second kappa shape index (κ2) is 9.93. The van der Waals surface area contributed by atoms with E-state index in [2.05, 4.69) is 5.32 Å². The molecule has 1 aliphatic carbocycles. The lowest BCUT2D eigenvalue weighted by Gasteiger charge is -2.18. The summed E-state index contributed by atoms with van der Waals surface area (Å²) in [7, 11) is 0. The zero-order chi connectivity index (χ0) is 26.0. The van der Waals surface area contributed by atoms with Gasteiger partial charge in [0.05, 0.1) is 5.56 Å². The largest absolute Gasteiger partial charge is 0.449 e. The van der Waals surface area contributed by atoms with Crippen molar-refractivity contribution < 1.29 is 27.5 Å². The van der Waals surface area contributed by atoms with Crippen LogP contribution in [0.2, 0.25) is 0 Å². The van der Waals surface area contributed by atoms with Crippen molar-refractivity contribution in [2.75, 3.05) is 6.61 Å². The number of alkyl carbamates (subject to hydrolysis) is 1. The summed E-state index contributed by atoms with van der Waals surface area (Å²) >= 11 is 0. The van der Waals surface area contributed by atoms with E-state index in [9.17, 15) is 22.8 Å². The fourth-order valence-corrected chi connectivity index (χ4v) is 4.91. The van der Waals surface area contributed by atoms with Gasteiger partial charge in [0.1, 0.15) is 12.9 Å². The van der Waals surface area contributed by atoms with Crippen LogP contribution in [0.4, 0.5) is 18.0 Å². The average molecular weight is 502 g/mol. The van der Waals surface area contributed by atoms with E-state index in [1.165, 1.54) is 36.4 Å². The van der Waals surface area contributed by atoms with Crippen LogP contribution >= 0.6 is 0 Å². The Bertz CT molecular complexity index is 1430. The van der Waals surface area contributed by atoms with E-state index in [1.807, 2.05) is 48.5 Å². The van der Waals surface area contributed by atoms with Crippen molar-refractivity contribution in [2.24, 2.45) is 0 Å². The molecule has 0 saturated carbocycles. The molecule has 0 radical (unpaired) electrons. The molecule has 5 rings (SSSR count). The number of carbonyl (C=O) groups excluding carboxylic acids is 2. The number of hydrogen-bond acceptors (Lipinski definition) is 3. The molecule has 0 aliphatic heterocycles. The van der Waals surface area contributed by atoms with Crippen molar-refractivity contribution >= 4 is 12.4 Å². The summed E-state index contributed by atoms with van der Waals surface area (Å²) in [6, 6.07) is 25.6. The molecule has 0 fully saturated rings. The number of ether oxygens (including phenoxy) is 1.